The normalized spacial score (nSPS) is 24.7. The molecule has 9 heteroatoms. The number of anilines is 1. The minimum Gasteiger partial charge on any atom is -0.465 e. The molecule has 7 nitrogen and oxygen atoms in total. The van der Waals surface area contributed by atoms with Crippen LogP contribution in [0.5, 0.6) is 0 Å². The van der Waals surface area contributed by atoms with Gasteiger partial charge in [0.2, 0.25) is 5.91 Å². The molecule has 1 aromatic heterocycles. The Morgan fingerprint density at radius 3 is 2.19 bits per heavy atom. The third kappa shape index (κ3) is 10.4. The fourth-order valence-electron chi connectivity index (χ4n) is 6.69. The molecule has 0 bridgehead atoms. The molecule has 3 aliphatic rings. The smallest absolute Gasteiger partial charge is 0.350 e. The first-order valence-electron chi connectivity index (χ1n) is 18.1. The standard InChI is InChI=1S/C38H61NO6SSi/c1-27-10-12-28(13-11-27)35(40)39(29-14-16-31(17-15-29)45-47(8,9)37(2,3)4)33-26-32(46-34(33)36(41)42-7)18-21-38(5,6)22-25-44-30-19-23-43-24-20-30/h26-31H,10-17,19-20,22-25H2,1-9H3/t27-,28-,29-,31-. The van der Waals surface area contributed by atoms with Gasteiger partial charge < -0.3 is 23.5 Å². The Bertz CT molecular complexity index is 1250. The summed E-state index contributed by atoms with van der Waals surface area (Å²) in [5.74, 6) is 7.19. The van der Waals surface area contributed by atoms with E-state index in [0.29, 0.717) is 23.1 Å². The first-order chi connectivity index (χ1) is 22.1. The van der Waals surface area contributed by atoms with Crippen LogP contribution in [0, 0.1) is 29.1 Å². The second-order valence-corrected chi connectivity index (χ2v) is 22.2. The van der Waals surface area contributed by atoms with E-state index in [9.17, 15) is 9.59 Å². The number of carbonyl (C=O) groups is 2. The van der Waals surface area contributed by atoms with Crippen LogP contribution in [-0.4, -0.2) is 65.4 Å². The number of carbonyl (C=O) groups excluding carboxylic acids is 2. The topological polar surface area (TPSA) is 74.3 Å². The Morgan fingerprint density at radius 1 is 0.957 bits per heavy atom. The highest BCUT2D eigenvalue weighted by atomic mass is 32.1. The van der Waals surface area contributed by atoms with Gasteiger partial charge in [0, 0.05) is 43.3 Å². The van der Waals surface area contributed by atoms with Crippen molar-refractivity contribution >= 4 is 37.2 Å². The maximum Gasteiger partial charge on any atom is 0.350 e. The Hall–Kier alpha value is -1.70. The van der Waals surface area contributed by atoms with Crippen molar-refractivity contribution < 1.29 is 28.2 Å². The Balaban J connectivity index is 1.57. The van der Waals surface area contributed by atoms with Crippen LogP contribution in [0.15, 0.2) is 6.07 Å². The third-order valence-electron chi connectivity index (χ3n) is 11.0. The van der Waals surface area contributed by atoms with Crippen molar-refractivity contribution in [1.29, 1.82) is 0 Å². The summed E-state index contributed by atoms with van der Waals surface area (Å²) in [7, 11) is -0.483. The molecule has 0 aromatic carbocycles. The minimum absolute atomic E-state index is 0.0127. The van der Waals surface area contributed by atoms with Crippen molar-refractivity contribution in [1.82, 2.24) is 0 Å². The molecule has 4 rings (SSSR count). The zero-order valence-corrected chi connectivity index (χ0v) is 32.5. The second kappa shape index (κ2) is 16.3. The van der Waals surface area contributed by atoms with E-state index >= 15 is 0 Å². The lowest BCUT2D eigenvalue weighted by molar-refractivity contribution is -0.124. The molecule has 1 aromatic rings. The predicted octanol–water partition coefficient (Wildman–Crippen LogP) is 8.99. The summed E-state index contributed by atoms with van der Waals surface area (Å²) in [6.07, 6.45) is 10.6. The lowest BCUT2D eigenvalue weighted by atomic mass is 9.81. The number of rotatable bonds is 10. The molecule has 0 N–H and O–H groups in total. The number of thiophene rings is 1. The minimum atomic E-state index is -1.90. The number of methoxy groups -OCH3 is 1. The number of esters is 1. The molecule has 2 heterocycles. The van der Waals surface area contributed by atoms with Gasteiger partial charge in [-0.25, -0.2) is 4.79 Å². The van der Waals surface area contributed by atoms with Crippen molar-refractivity contribution in [2.75, 3.05) is 31.8 Å². The van der Waals surface area contributed by atoms with Gasteiger partial charge in [0.15, 0.2) is 8.32 Å². The van der Waals surface area contributed by atoms with E-state index in [0.717, 1.165) is 88.7 Å². The van der Waals surface area contributed by atoms with Gasteiger partial charge in [-0.1, -0.05) is 39.5 Å². The van der Waals surface area contributed by atoms with Crippen LogP contribution in [0.4, 0.5) is 5.69 Å². The van der Waals surface area contributed by atoms with E-state index in [2.05, 4.69) is 66.5 Å². The van der Waals surface area contributed by atoms with E-state index in [1.807, 2.05) is 11.0 Å². The predicted molar refractivity (Wildman–Crippen MR) is 194 cm³/mol. The SMILES string of the molecule is COC(=O)c1sc(C#CC(C)(C)CCOC2CCOCC2)cc1N(C(=O)[C@H]1CC[C@H](C)CC1)[C@H]1CC[C@H](O[Si](C)(C)C(C)(C)C)CC1. The van der Waals surface area contributed by atoms with Crippen LogP contribution in [-0.2, 0) is 23.4 Å². The zero-order valence-electron chi connectivity index (χ0n) is 30.7. The van der Waals surface area contributed by atoms with Gasteiger partial charge in [-0.2, -0.15) is 0 Å². The zero-order chi connectivity index (χ0) is 34.4. The van der Waals surface area contributed by atoms with Crippen LogP contribution in [0.2, 0.25) is 18.1 Å². The Labute approximate surface area is 290 Å². The van der Waals surface area contributed by atoms with Crippen molar-refractivity contribution in [3.05, 3.63) is 15.8 Å². The van der Waals surface area contributed by atoms with Crippen molar-refractivity contribution in [2.45, 2.75) is 149 Å². The van der Waals surface area contributed by atoms with Crippen LogP contribution in [0.1, 0.15) is 127 Å². The molecule has 0 radical (unpaired) electrons. The van der Waals surface area contributed by atoms with Crippen molar-refractivity contribution in [3.63, 3.8) is 0 Å². The summed E-state index contributed by atoms with van der Waals surface area (Å²) >= 11 is 1.34. The number of ether oxygens (including phenoxy) is 3. The largest absolute Gasteiger partial charge is 0.465 e. The molecule has 0 spiro atoms. The van der Waals surface area contributed by atoms with Crippen molar-refractivity contribution in [2.24, 2.45) is 17.3 Å². The van der Waals surface area contributed by atoms with Crippen LogP contribution in [0.25, 0.3) is 0 Å². The van der Waals surface area contributed by atoms with Gasteiger partial charge in [-0.05, 0) is 115 Å². The molecule has 3 fully saturated rings. The van der Waals surface area contributed by atoms with Crippen LogP contribution < -0.4 is 4.90 Å². The molecule has 264 valence electrons. The van der Waals surface area contributed by atoms with E-state index < -0.39 is 14.3 Å². The van der Waals surface area contributed by atoms with Gasteiger partial charge in [0.25, 0.3) is 0 Å². The molecule has 1 amide bonds. The summed E-state index contributed by atoms with van der Waals surface area (Å²) in [6.45, 7) is 20.2. The average molecular weight is 688 g/mol. The fourth-order valence-corrected chi connectivity index (χ4v) is 9.04. The average Bonchev–Trinajstić information content (AvgIpc) is 3.44. The van der Waals surface area contributed by atoms with Crippen LogP contribution in [0.3, 0.4) is 0 Å². The van der Waals surface area contributed by atoms with E-state index in [1.54, 1.807) is 0 Å². The monoisotopic (exact) mass is 687 g/mol. The first-order valence-corrected chi connectivity index (χ1v) is 21.8. The van der Waals surface area contributed by atoms with Crippen molar-refractivity contribution in [3.8, 4) is 11.8 Å². The van der Waals surface area contributed by atoms with E-state index in [1.165, 1.54) is 18.4 Å². The second-order valence-electron chi connectivity index (χ2n) is 16.4. The number of hydrogen-bond donors (Lipinski definition) is 0. The van der Waals surface area contributed by atoms with E-state index in [4.69, 9.17) is 18.6 Å². The molecule has 0 atom stereocenters. The molecule has 1 saturated heterocycles. The molecular formula is C38H61NO6SSi. The Kier molecular flexibility index (Phi) is 13.2. The van der Waals surface area contributed by atoms with Gasteiger partial charge in [0.05, 0.1) is 23.8 Å². The number of nitrogens with zero attached hydrogens (tertiary/aromatic N) is 1. The number of amides is 1. The van der Waals surface area contributed by atoms with E-state index in [-0.39, 0.29) is 40.5 Å². The molecule has 2 saturated carbocycles. The number of hydrogen-bond acceptors (Lipinski definition) is 7. The van der Waals surface area contributed by atoms with Gasteiger partial charge in [-0.15, -0.1) is 11.3 Å². The van der Waals surface area contributed by atoms with Gasteiger partial charge in [-0.3, -0.25) is 4.79 Å². The van der Waals surface area contributed by atoms with Gasteiger partial charge >= 0.3 is 5.97 Å². The molecule has 0 unspecified atom stereocenters. The van der Waals surface area contributed by atoms with Gasteiger partial charge in [0.1, 0.15) is 4.88 Å². The Morgan fingerprint density at radius 2 is 1.60 bits per heavy atom. The molecule has 1 aliphatic heterocycles. The lowest BCUT2D eigenvalue weighted by Gasteiger charge is -2.43. The summed E-state index contributed by atoms with van der Waals surface area (Å²) in [5.41, 5.74) is 0.404. The lowest BCUT2D eigenvalue weighted by Crippen LogP contribution is -2.49. The summed E-state index contributed by atoms with van der Waals surface area (Å²) in [5, 5.41) is 0.153. The molecular weight excluding hydrogens is 627 g/mol. The maximum absolute atomic E-state index is 14.5. The highest BCUT2D eigenvalue weighted by Gasteiger charge is 2.42. The fraction of sp³-hybridized carbons (Fsp3) is 0.789. The first kappa shape index (κ1) is 38.1. The molecule has 47 heavy (non-hydrogen) atoms. The molecule has 2 aliphatic carbocycles. The highest BCUT2D eigenvalue weighted by Crippen LogP contribution is 2.42. The summed E-state index contributed by atoms with van der Waals surface area (Å²) in [6, 6.07) is 1.99. The summed E-state index contributed by atoms with van der Waals surface area (Å²) < 4.78 is 23.6. The maximum atomic E-state index is 14.5. The van der Waals surface area contributed by atoms with Crippen LogP contribution >= 0.6 is 11.3 Å². The third-order valence-corrected chi connectivity index (χ3v) is 16.5. The quantitative estimate of drug-likeness (QED) is 0.139. The summed E-state index contributed by atoms with van der Waals surface area (Å²) in [4.78, 5) is 31.0. The highest BCUT2D eigenvalue weighted by molar-refractivity contribution is 7.15.